The summed E-state index contributed by atoms with van der Waals surface area (Å²) in [4.78, 5) is 0. The number of para-hydroxylation sites is 1. The fourth-order valence-corrected chi connectivity index (χ4v) is 4.05. The monoisotopic (exact) mass is 432 g/mol. The Morgan fingerprint density at radius 2 is 1.39 bits per heavy atom. The van der Waals surface area contributed by atoms with Crippen molar-refractivity contribution in [2.24, 2.45) is 0 Å². The highest BCUT2D eigenvalue weighted by molar-refractivity contribution is 6.42. The third kappa shape index (κ3) is 4.64. The van der Waals surface area contributed by atoms with Gasteiger partial charge in [-0.1, -0.05) is 59.6 Å². The van der Waals surface area contributed by atoms with Crippen LogP contribution in [-0.4, -0.2) is 5.38 Å². The van der Waals surface area contributed by atoms with Gasteiger partial charge in [0.1, 0.15) is 11.5 Å². The summed E-state index contributed by atoms with van der Waals surface area (Å²) in [6.45, 7) is 0. The Balaban J connectivity index is 1.54. The molecular weight excluding hydrogens is 415 g/mol. The van der Waals surface area contributed by atoms with Gasteiger partial charge in [0, 0.05) is 5.38 Å². The van der Waals surface area contributed by atoms with Crippen LogP contribution < -0.4 is 4.74 Å². The van der Waals surface area contributed by atoms with Gasteiger partial charge < -0.3 is 9.47 Å². The molecule has 28 heavy (non-hydrogen) atoms. The second kappa shape index (κ2) is 8.75. The van der Waals surface area contributed by atoms with E-state index in [1.54, 1.807) is 6.07 Å². The average molecular weight is 434 g/mol. The fraction of sp³-hybridized carbons (Fsp3) is 0.217. The van der Waals surface area contributed by atoms with E-state index in [-0.39, 0.29) is 17.6 Å². The van der Waals surface area contributed by atoms with Gasteiger partial charge in [-0.3, -0.25) is 0 Å². The molecule has 3 aromatic rings. The molecule has 0 spiro atoms. The zero-order valence-corrected chi connectivity index (χ0v) is 17.3. The molecular formula is C23H19Cl3O2. The van der Waals surface area contributed by atoms with Gasteiger partial charge in [0.25, 0.3) is 0 Å². The van der Waals surface area contributed by atoms with Crippen LogP contribution in [0.1, 0.15) is 36.2 Å². The topological polar surface area (TPSA) is 18.5 Å². The maximum Gasteiger partial charge on any atom is 0.127 e. The molecule has 0 saturated carbocycles. The zero-order chi connectivity index (χ0) is 19.5. The molecule has 3 atom stereocenters. The molecule has 1 aliphatic rings. The average Bonchev–Trinajstić information content (AvgIpc) is 2.70. The molecule has 1 heterocycles. The van der Waals surface area contributed by atoms with Gasteiger partial charge in [-0.2, -0.15) is 0 Å². The Bertz CT molecular complexity index is 946. The van der Waals surface area contributed by atoms with Gasteiger partial charge >= 0.3 is 0 Å². The lowest BCUT2D eigenvalue weighted by molar-refractivity contribution is -0.0517. The zero-order valence-electron chi connectivity index (χ0n) is 15.0. The third-order valence-corrected chi connectivity index (χ3v) is 5.89. The largest absolute Gasteiger partial charge is 0.457 e. The number of alkyl halides is 1. The minimum atomic E-state index is -0.130. The highest BCUT2D eigenvalue weighted by Gasteiger charge is 2.30. The number of halogens is 3. The van der Waals surface area contributed by atoms with E-state index in [1.807, 2.05) is 66.7 Å². The molecule has 144 valence electrons. The van der Waals surface area contributed by atoms with E-state index in [1.165, 1.54) is 0 Å². The van der Waals surface area contributed by atoms with Gasteiger partial charge in [0.2, 0.25) is 0 Å². The number of benzene rings is 3. The summed E-state index contributed by atoms with van der Waals surface area (Å²) in [5.74, 6) is 1.57. The van der Waals surface area contributed by atoms with Gasteiger partial charge in [-0.05, 0) is 60.4 Å². The van der Waals surface area contributed by atoms with Crippen molar-refractivity contribution in [2.45, 2.75) is 30.4 Å². The predicted octanol–water partition coefficient (Wildman–Crippen LogP) is 7.99. The fourth-order valence-electron chi connectivity index (χ4n) is 3.42. The smallest absolute Gasteiger partial charge is 0.127 e. The van der Waals surface area contributed by atoms with E-state index in [0.717, 1.165) is 35.5 Å². The van der Waals surface area contributed by atoms with E-state index in [4.69, 9.17) is 44.3 Å². The van der Waals surface area contributed by atoms with Crippen LogP contribution in [0.15, 0.2) is 72.8 Å². The molecule has 1 fully saturated rings. The van der Waals surface area contributed by atoms with Crippen LogP contribution in [0.3, 0.4) is 0 Å². The van der Waals surface area contributed by atoms with Crippen LogP contribution in [0.4, 0.5) is 0 Å². The first-order valence-electron chi connectivity index (χ1n) is 9.16. The number of hydrogen-bond donors (Lipinski definition) is 0. The van der Waals surface area contributed by atoms with Crippen molar-refractivity contribution in [3.05, 3.63) is 94.0 Å². The number of ether oxygens (including phenoxy) is 2. The molecule has 0 aliphatic carbocycles. The Labute approximate surface area is 180 Å². The van der Waals surface area contributed by atoms with Crippen LogP contribution in [0.25, 0.3) is 0 Å². The van der Waals surface area contributed by atoms with E-state index >= 15 is 0 Å². The molecule has 0 unspecified atom stereocenters. The maximum absolute atomic E-state index is 6.58. The number of hydrogen-bond acceptors (Lipinski definition) is 2. The van der Waals surface area contributed by atoms with Crippen molar-refractivity contribution >= 4 is 34.8 Å². The summed E-state index contributed by atoms with van der Waals surface area (Å²) in [7, 11) is 0. The molecule has 4 rings (SSSR count). The second-order valence-electron chi connectivity index (χ2n) is 6.84. The molecule has 0 bridgehead atoms. The SMILES string of the molecule is Clc1ccc([C@@H]2C[C@H](Cl)C[C@H](c3cccc(Oc4ccccc4)c3)O2)cc1Cl. The standard InChI is InChI=1S/C23H19Cl3O2/c24-17-13-22(28-23(14-17)16-9-10-20(25)21(26)12-16)15-5-4-8-19(11-15)27-18-6-2-1-3-7-18/h1-12,17,22-23H,13-14H2/t17-,22-,23+/m1/s1. The Kier molecular flexibility index (Phi) is 6.13. The summed E-state index contributed by atoms with van der Waals surface area (Å²) in [5.41, 5.74) is 2.03. The normalized spacial score (nSPS) is 22.0. The van der Waals surface area contributed by atoms with E-state index in [2.05, 4.69) is 0 Å². The van der Waals surface area contributed by atoms with Crippen LogP contribution in [-0.2, 0) is 4.74 Å². The Morgan fingerprint density at radius 3 is 2.11 bits per heavy atom. The van der Waals surface area contributed by atoms with Crippen molar-refractivity contribution in [1.82, 2.24) is 0 Å². The summed E-state index contributed by atoms with van der Waals surface area (Å²) in [6, 6.07) is 23.3. The second-order valence-corrected chi connectivity index (χ2v) is 8.27. The van der Waals surface area contributed by atoms with Gasteiger partial charge in [0.05, 0.1) is 22.3 Å². The van der Waals surface area contributed by atoms with Crippen molar-refractivity contribution < 1.29 is 9.47 Å². The van der Waals surface area contributed by atoms with Crippen LogP contribution in [0.2, 0.25) is 10.0 Å². The number of rotatable bonds is 4. The van der Waals surface area contributed by atoms with Crippen LogP contribution in [0.5, 0.6) is 11.5 Å². The maximum atomic E-state index is 6.58. The third-order valence-electron chi connectivity index (χ3n) is 4.79. The van der Waals surface area contributed by atoms with Crippen molar-refractivity contribution in [1.29, 1.82) is 0 Å². The first kappa shape index (κ1) is 19.6. The summed E-state index contributed by atoms with van der Waals surface area (Å²) >= 11 is 18.8. The molecule has 2 nitrogen and oxygen atoms in total. The van der Waals surface area contributed by atoms with Crippen LogP contribution in [0, 0.1) is 0 Å². The first-order chi connectivity index (χ1) is 13.6. The Hall–Kier alpha value is -1.71. The highest BCUT2D eigenvalue weighted by Crippen LogP contribution is 2.42. The van der Waals surface area contributed by atoms with Crippen molar-refractivity contribution in [3.63, 3.8) is 0 Å². The molecule has 5 heteroatoms. The van der Waals surface area contributed by atoms with Gasteiger partial charge in [-0.25, -0.2) is 0 Å². The minimum absolute atomic E-state index is 0.0110. The quantitative estimate of drug-likeness (QED) is 0.388. The molecule has 0 N–H and O–H groups in total. The Morgan fingerprint density at radius 1 is 0.714 bits per heavy atom. The lowest BCUT2D eigenvalue weighted by atomic mass is 9.94. The van der Waals surface area contributed by atoms with E-state index in [9.17, 15) is 0 Å². The molecule has 1 saturated heterocycles. The summed E-state index contributed by atoms with van der Waals surface area (Å²) in [5, 5.41) is 1.07. The first-order valence-corrected chi connectivity index (χ1v) is 10.3. The predicted molar refractivity (Wildman–Crippen MR) is 115 cm³/mol. The molecule has 3 aromatic carbocycles. The lowest BCUT2D eigenvalue weighted by Gasteiger charge is -2.33. The highest BCUT2D eigenvalue weighted by atomic mass is 35.5. The molecule has 0 aromatic heterocycles. The summed E-state index contributed by atoms with van der Waals surface area (Å²) in [6.07, 6.45) is 1.23. The minimum Gasteiger partial charge on any atom is -0.457 e. The van der Waals surface area contributed by atoms with Gasteiger partial charge in [0.15, 0.2) is 0 Å². The van der Waals surface area contributed by atoms with Gasteiger partial charge in [-0.15, -0.1) is 11.6 Å². The van der Waals surface area contributed by atoms with Crippen LogP contribution >= 0.6 is 34.8 Å². The van der Waals surface area contributed by atoms with Crippen molar-refractivity contribution in [3.8, 4) is 11.5 Å². The van der Waals surface area contributed by atoms with E-state index < -0.39 is 0 Å². The molecule has 0 radical (unpaired) electrons. The lowest BCUT2D eigenvalue weighted by Crippen LogP contribution is -2.23. The van der Waals surface area contributed by atoms with E-state index in [0.29, 0.717) is 10.0 Å². The van der Waals surface area contributed by atoms with Crippen molar-refractivity contribution in [2.75, 3.05) is 0 Å². The molecule has 0 amide bonds. The molecule has 1 aliphatic heterocycles. The summed E-state index contributed by atoms with van der Waals surface area (Å²) < 4.78 is 12.3.